The van der Waals surface area contributed by atoms with E-state index in [1.165, 1.54) is 11.8 Å². The average Bonchev–Trinajstić information content (AvgIpc) is 3.09. The number of aryl methyl sites for hydroxylation is 4. The molecule has 4 rings (SSSR count). The number of thioether (sulfide) groups is 1. The highest BCUT2D eigenvalue weighted by molar-refractivity contribution is 8.00. The van der Waals surface area contributed by atoms with Crippen LogP contribution >= 0.6 is 11.8 Å². The third-order valence-electron chi connectivity index (χ3n) is 4.65. The van der Waals surface area contributed by atoms with Gasteiger partial charge in [-0.25, -0.2) is 9.50 Å². The lowest BCUT2D eigenvalue weighted by atomic mass is 10.1. The minimum absolute atomic E-state index is 0.115. The van der Waals surface area contributed by atoms with E-state index in [2.05, 4.69) is 26.4 Å². The van der Waals surface area contributed by atoms with E-state index in [1.807, 2.05) is 76.2 Å². The van der Waals surface area contributed by atoms with E-state index < -0.39 is 5.25 Å². The van der Waals surface area contributed by atoms with Crippen LogP contribution in [0.5, 0.6) is 0 Å². The summed E-state index contributed by atoms with van der Waals surface area (Å²) >= 11 is 1.32. The van der Waals surface area contributed by atoms with Crippen molar-refractivity contribution in [2.24, 2.45) is 0 Å². The third-order valence-corrected chi connectivity index (χ3v) is 5.76. The summed E-state index contributed by atoms with van der Waals surface area (Å²) in [5.41, 5.74) is 5.73. The van der Waals surface area contributed by atoms with E-state index >= 15 is 0 Å². The quantitative estimate of drug-likeness (QED) is 0.471. The second-order valence-corrected chi connectivity index (χ2v) is 8.49. The number of nitrogens with one attached hydrogen (secondary N) is 1. The van der Waals surface area contributed by atoms with E-state index in [4.69, 9.17) is 0 Å². The molecule has 0 bridgehead atoms. The topological polar surface area (TPSA) is 72.2 Å². The molecule has 2 aromatic carbocycles. The summed E-state index contributed by atoms with van der Waals surface area (Å²) in [6, 6.07) is 17.7. The number of carbonyl (C=O) groups excluding carboxylic acids is 1. The van der Waals surface area contributed by atoms with Gasteiger partial charge in [0.1, 0.15) is 5.25 Å². The monoisotopic (exact) mass is 417 g/mol. The SMILES string of the molecule is Cc1cc(C)cc(NC(=O)C(Sc2nc3nc(C)cc(C)n3n2)c2ccccc2)c1. The summed E-state index contributed by atoms with van der Waals surface area (Å²) < 4.78 is 1.71. The number of benzene rings is 2. The van der Waals surface area contributed by atoms with Crippen LogP contribution in [0.2, 0.25) is 0 Å². The van der Waals surface area contributed by atoms with Crippen LogP contribution in [-0.4, -0.2) is 25.5 Å². The minimum Gasteiger partial charge on any atom is -0.325 e. The molecule has 6 nitrogen and oxygen atoms in total. The lowest BCUT2D eigenvalue weighted by molar-refractivity contribution is -0.115. The van der Waals surface area contributed by atoms with Gasteiger partial charge in [-0.1, -0.05) is 48.2 Å². The number of hydrogen-bond acceptors (Lipinski definition) is 5. The first kappa shape index (κ1) is 20.1. The molecule has 2 aromatic heterocycles. The van der Waals surface area contributed by atoms with Crippen LogP contribution < -0.4 is 5.32 Å². The smallest absolute Gasteiger partial charge is 0.253 e. The van der Waals surface area contributed by atoms with Crippen molar-refractivity contribution in [3.63, 3.8) is 0 Å². The maximum atomic E-state index is 13.3. The zero-order valence-corrected chi connectivity index (χ0v) is 18.2. The summed E-state index contributed by atoms with van der Waals surface area (Å²) in [6.45, 7) is 7.93. The van der Waals surface area contributed by atoms with Crippen molar-refractivity contribution in [2.75, 3.05) is 5.32 Å². The number of carbonyl (C=O) groups is 1. The van der Waals surface area contributed by atoms with Gasteiger partial charge in [0.25, 0.3) is 5.78 Å². The van der Waals surface area contributed by atoms with Gasteiger partial charge in [-0.05, 0) is 62.6 Å². The van der Waals surface area contributed by atoms with Gasteiger partial charge in [-0.2, -0.15) is 4.98 Å². The van der Waals surface area contributed by atoms with E-state index in [1.54, 1.807) is 4.52 Å². The molecular formula is C23H23N5OS. The standard InChI is InChI=1S/C23H23N5OS/c1-14-10-15(2)12-19(11-14)25-21(29)20(18-8-6-5-7-9-18)30-23-26-22-24-16(3)13-17(4)28(22)27-23/h5-13,20H,1-4H3,(H,25,29). The van der Waals surface area contributed by atoms with Crippen LogP contribution in [0.4, 0.5) is 5.69 Å². The zero-order valence-electron chi connectivity index (χ0n) is 17.4. The summed E-state index contributed by atoms with van der Waals surface area (Å²) in [5.74, 6) is 0.424. The van der Waals surface area contributed by atoms with Crippen molar-refractivity contribution in [1.82, 2.24) is 19.6 Å². The first-order valence-electron chi connectivity index (χ1n) is 9.71. The first-order chi connectivity index (χ1) is 14.4. The lowest BCUT2D eigenvalue weighted by Gasteiger charge is -2.16. The fraction of sp³-hybridized carbons (Fsp3) is 0.217. The molecule has 30 heavy (non-hydrogen) atoms. The van der Waals surface area contributed by atoms with E-state index in [-0.39, 0.29) is 5.91 Å². The first-order valence-corrected chi connectivity index (χ1v) is 10.6. The van der Waals surface area contributed by atoms with Crippen molar-refractivity contribution in [3.8, 4) is 0 Å². The van der Waals surface area contributed by atoms with Crippen LogP contribution in [0.1, 0.15) is 33.3 Å². The molecule has 1 amide bonds. The zero-order chi connectivity index (χ0) is 21.3. The predicted octanol–water partition coefficient (Wildman–Crippen LogP) is 4.83. The summed E-state index contributed by atoms with van der Waals surface area (Å²) in [6.07, 6.45) is 0. The highest BCUT2D eigenvalue weighted by atomic mass is 32.2. The average molecular weight is 418 g/mol. The maximum absolute atomic E-state index is 13.3. The number of nitrogens with zero attached hydrogens (tertiary/aromatic N) is 4. The number of hydrogen-bond donors (Lipinski definition) is 1. The number of rotatable bonds is 5. The molecule has 0 aliphatic heterocycles. The fourth-order valence-corrected chi connectivity index (χ4v) is 4.39. The largest absolute Gasteiger partial charge is 0.325 e. The highest BCUT2D eigenvalue weighted by Crippen LogP contribution is 2.35. The fourth-order valence-electron chi connectivity index (χ4n) is 3.46. The second-order valence-electron chi connectivity index (χ2n) is 7.42. The van der Waals surface area contributed by atoms with E-state index in [0.717, 1.165) is 33.8 Å². The molecule has 0 aliphatic rings. The molecule has 0 aliphatic carbocycles. The van der Waals surface area contributed by atoms with Crippen molar-refractivity contribution in [3.05, 3.63) is 82.7 Å². The Bertz CT molecular complexity index is 1200. The Kier molecular flexibility index (Phi) is 5.55. The molecule has 0 spiro atoms. The number of anilines is 1. The summed E-state index contributed by atoms with van der Waals surface area (Å²) in [7, 11) is 0. The van der Waals surface area contributed by atoms with E-state index in [0.29, 0.717) is 10.9 Å². The van der Waals surface area contributed by atoms with Gasteiger partial charge >= 0.3 is 0 Å². The van der Waals surface area contributed by atoms with Gasteiger partial charge in [0.2, 0.25) is 11.1 Å². The normalized spacial score (nSPS) is 12.1. The van der Waals surface area contributed by atoms with Crippen LogP contribution in [0.25, 0.3) is 5.78 Å². The maximum Gasteiger partial charge on any atom is 0.253 e. The number of aromatic nitrogens is 4. The molecule has 1 N–H and O–H groups in total. The van der Waals surface area contributed by atoms with Crippen LogP contribution in [-0.2, 0) is 4.79 Å². The van der Waals surface area contributed by atoms with Crippen LogP contribution in [0, 0.1) is 27.7 Å². The third kappa shape index (κ3) is 4.36. The Labute approximate surface area is 179 Å². The Balaban J connectivity index is 1.66. The Morgan fingerprint density at radius 2 is 1.67 bits per heavy atom. The van der Waals surface area contributed by atoms with Crippen LogP contribution in [0.3, 0.4) is 0 Å². The molecule has 4 aromatic rings. The number of amides is 1. The molecule has 0 fully saturated rings. The molecule has 0 saturated carbocycles. The molecule has 7 heteroatoms. The predicted molar refractivity (Wildman–Crippen MR) is 120 cm³/mol. The molecule has 1 unspecified atom stereocenters. The van der Waals surface area contributed by atoms with Gasteiger partial charge < -0.3 is 5.32 Å². The van der Waals surface area contributed by atoms with Crippen molar-refractivity contribution in [2.45, 2.75) is 38.1 Å². The van der Waals surface area contributed by atoms with Gasteiger partial charge in [0.15, 0.2) is 0 Å². The highest BCUT2D eigenvalue weighted by Gasteiger charge is 2.25. The van der Waals surface area contributed by atoms with Crippen molar-refractivity contribution < 1.29 is 4.79 Å². The number of fused-ring (bicyclic) bond motifs is 1. The van der Waals surface area contributed by atoms with Gasteiger partial charge in [-0.15, -0.1) is 5.10 Å². The second kappa shape index (κ2) is 8.28. The molecular weight excluding hydrogens is 394 g/mol. The van der Waals surface area contributed by atoms with Crippen molar-refractivity contribution in [1.29, 1.82) is 0 Å². The summed E-state index contributed by atoms with van der Waals surface area (Å²) in [5, 5.41) is 7.64. The molecule has 1 atom stereocenters. The molecule has 2 heterocycles. The van der Waals surface area contributed by atoms with Crippen molar-refractivity contribution >= 4 is 29.1 Å². The molecule has 152 valence electrons. The van der Waals surface area contributed by atoms with Crippen LogP contribution in [0.15, 0.2) is 59.8 Å². The van der Waals surface area contributed by atoms with E-state index in [9.17, 15) is 4.79 Å². The Hall–Kier alpha value is -3.19. The molecule has 0 radical (unpaired) electrons. The lowest BCUT2D eigenvalue weighted by Crippen LogP contribution is -2.19. The Morgan fingerprint density at radius 1 is 0.967 bits per heavy atom. The Morgan fingerprint density at radius 3 is 2.37 bits per heavy atom. The minimum atomic E-state index is -0.495. The van der Waals surface area contributed by atoms with Gasteiger partial charge in [0, 0.05) is 17.1 Å². The summed E-state index contributed by atoms with van der Waals surface area (Å²) in [4.78, 5) is 22.3. The molecule has 0 saturated heterocycles. The van der Waals surface area contributed by atoms with Gasteiger partial charge in [-0.3, -0.25) is 4.79 Å². The van der Waals surface area contributed by atoms with Gasteiger partial charge in [0.05, 0.1) is 0 Å².